The molecule has 2 saturated heterocycles. The number of alkyl halides is 9. The number of rotatable bonds is 26. The Hall–Kier alpha value is -5.66. The van der Waals surface area contributed by atoms with E-state index in [9.17, 15) is 83.4 Å². The number of anilines is 2. The smallest absolute Gasteiger partial charge is 0.475 e. The molecule has 2 aliphatic heterocycles. The summed E-state index contributed by atoms with van der Waals surface area (Å²) in [6, 6.07) is 3.58. The van der Waals surface area contributed by atoms with Crippen molar-refractivity contribution in [1.82, 2.24) is 29.1 Å². The third-order valence-corrected chi connectivity index (χ3v) is 22.0. The van der Waals surface area contributed by atoms with Crippen LogP contribution in [0.2, 0.25) is 10.6 Å². The molecule has 2 aliphatic carbocycles. The van der Waals surface area contributed by atoms with E-state index in [2.05, 4.69) is 54.0 Å². The summed E-state index contributed by atoms with van der Waals surface area (Å²) in [5.41, 5.74) is 0.496. The number of carboxylic acid groups (broad SMARTS) is 2. The van der Waals surface area contributed by atoms with Gasteiger partial charge in [-0.3, -0.25) is 27.3 Å². The van der Waals surface area contributed by atoms with Gasteiger partial charge in [0.15, 0.2) is 42.7 Å². The first-order valence-corrected chi connectivity index (χ1v) is 39.0. The van der Waals surface area contributed by atoms with Crippen LogP contribution >= 0.6 is 65.2 Å². The molecule has 598 valence electrons. The predicted molar refractivity (Wildman–Crippen MR) is 346 cm³/mol. The number of hydrogen-bond donors (Lipinski definition) is 10. The molecular formula is C53H75Cl3F8N8O29P4. The minimum absolute atomic E-state index is 0.0598. The standard InChI is InChI=1S/C27H40ClFN4O14P2.C17H24ClFN4O8P2.C5H9ClO3.2C2HF3O2/c1-15(2)45-26(35)40-12-43-49(39,44-13-41-27(36)46-16(3)4)14-48(37,38)42-11-19-21(34)20(29)24(47-19)33-10-9-18-22(30-17-7-5-6-8-17)31-25(28)32-23(18)33;18-17-21-14(20-9-3-1-2-4-9)10-5-6-23(15(10)22-17)16-12(19)13(24)11(31-16)7-30-33(28,29)8-32(25,26)27;1-4(2)9-5(7)8-3-6;2*3-2(4,5)1(6)7/h9-10,15-17,19-21,24,34H,5-8,11-14H2,1-4H3,(H,37,38)(H,30,31,32);5-6,9,11-13,16,24H,1-4,7-8H2,(H,28,29)(H,20,21,22)(H2,25,26,27);4H,3H2,1-2H3;2*(H,6,7)/t19-,20+,21-,24-;11-,12+,13-,16-;;;/m11.../s1. The van der Waals surface area contributed by atoms with Crippen molar-refractivity contribution in [3.8, 4) is 0 Å². The molecule has 4 fully saturated rings. The zero-order chi connectivity index (χ0) is 79.3. The Balaban J connectivity index is 0.000000353. The van der Waals surface area contributed by atoms with Crippen LogP contribution in [0.25, 0.3) is 22.1 Å². The highest BCUT2D eigenvalue weighted by Crippen LogP contribution is 2.62. The number of carbonyl (C=O) groups excluding carboxylic acids is 3. The Morgan fingerprint density at radius 1 is 0.571 bits per heavy atom. The fourth-order valence-electron chi connectivity index (χ4n) is 9.37. The van der Waals surface area contributed by atoms with Crippen LogP contribution in [-0.2, 0) is 83.8 Å². The molecule has 4 aromatic heterocycles. The predicted octanol–water partition coefficient (Wildman–Crippen LogP) is 10.8. The fourth-order valence-corrected chi connectivity index (χ4v) is 16.0. The largest absolute Gasteiger partial charge is 0.510 e. The maximum atomic E-state index is 15.4. The first-order chi connectivity index (χ1) is 48.5. The minimum atomic E-state index is -5.08. The van der Waals surface area contributed by atoms with Crippen LogP contribution in [0.5, 0.6) is 0 Å². The lowest BCUT2D eigenvalue weighted by molar-refractivity contribution is -0.193. The number of ether oxygens (including phenoxy) is 8. The Labute approximate surface area is 604 Å². The van der Waals surface area contributed by atoms with Crippen LogP contribution in [-0.4, -0.2) is 224 Å². The molecule has 52 heteroatoms. The Kier molecular flexibility index (Phi) is 35.5. The van der Waals surface area contributed by atoms with Gasteiger partial charge in [-0.1, -0.05) is 37.3 Å². The monoisotopic (exact) mass is 1670 g/mol. The van der Waals surface area contributed by atoms with Crippen LogP contribution in [0.3, 0.4) is 0 Å². The summed E-state index contributed by atoms with van der Waals surface area (Å²) in [5, 5.41) is 42.8. The van der Waals surface area contributed by atoms with E-state index in [1.54, 1.807) is 26.0 Å². The van der Waals surface area contributed by atoms with E-state index >= 15 is 4.39 Å². The first kappa shape index (κ1) is 91.7. The molecule has 10 atom stereocenters. The fraction of sp³-hybridized carbons (Fsp3) is 0.679. The van der Waals surface area contributed by atoms with Gasteiger partial charge < -0.3 is 107 Å². The normalized spacial score (nSPS) is 21.9. The highest BCUT2D eigenvalue weighted by atomic mass is 35.5. The highest BCUT2D eigenvalue weighted by molar-refractivity contribution is 7.71. The van der Waals surface area contributed by atoms with E-state index in [4.69, 9.17) is 96.9 Å². The quantitative estimate of drug-likeness (QED) is 0.00531. The van der Waals surface area contributed by atoms with E-state index in [0.717, 1.165) is 51.4 Å². The van der Waals surface area contributed by atoms with Crippen molar-refractivity contribution in [3.05, 3.63) is 35.1 Å². The van der Waals surface area contributed by atoms with E-state index in [1.807, 2.05) is 0 Å². The van der Waals surface area contributed by atoms with Gasteiger partial charge in [0.25, 0.3) is 0 Å². The third kappa shape index (κ3) is 31.1. The van der Waals surface area contributed by atoms with E-state index in [-0.39, 0.29) is 46.1 Å². The molecule has 2 unspecified atom stereocenters. The molecule has 4 aromatic rings. The summed E-state index contributed by atoms with van der Waals surface area (Å²) in [6.45, 7) is 5.92. The summed E-state index contributed by atoms with van der Waals surface area (Å²) in [6.07, 6.45) is -16.5. The Bertz CT molecular complexity index is 3670. The molecule has 0 aromatic carbocycles. The summed E-state index contributed by atoms with van der Waals surface area (Å²) in [4.78, 5) is 106. The number of aliphatic hydroxyl groups is 2. The average molecular weight is 1670 g/mol. The number of hydrogen-bond acceptors (Lipinski definition) is 29. The SMILES string of the molecule is CC(C)OC(=O)OCCl.CC(C)OC(=O)OCOP(=O)(CP(=O)(O)OC[C@H]1O[C@@H](n2ccc3c(NC4CCCC4)nc(Cl)nc32)[C@@H](F)[C@@H]1O)OCOC(=O)OC(C)C.O=C(O)C(F)(F)F.O=C(O)C(F)(F)F.O=P(O)(O)CP(=O)(O)OC[C@H]1O[C@@H](n2ccc3c(NC4CCCC4)nc(Cl)nc32)[C@@H](F)[C@@H]1O. The summed E-state index contributed by atoms with van der Waals surface area (Å²) < 4.78 is 204. The summed E-state index contributed by atoms with van der Waals surface area (Å²) >= 11 is 17.3. The number of halogens is 11. The van der Waals surface area contributed by atoms with Gasteiger partial charge in [-0.15, -0.1) is 0 Å². The van der Waals surface area contributed by atoms with Crippen molar-refractivity contribution in [2.45, 2.75) is 185 Å². The first-order valence-electron chi connectivity index (χ1n) is 30.6. The number of aliphatic carboxylic acids is 2. The van der Waals surface area contributed by atoms with Gasteiger partial charge in [-0.05, 0) is 103 Å². The molecule has 8 rings (SSSR count). The number of carboxylic acids is 2. The van der Waals surface area contributed by atoms with Crippen LogP contribution in [0, 0.1) is 0 Å². The number of nitrogens with zero attached hydrogens (tertiary/aromatic N) is 6. The number of nitrogens with one attached hydrogen (secondary N) is 2. The molecular weight excluding hydrogens is 1590 g/mol. The number of carbonyl (C=O) groups is 5. The number of aromatic nitrogens is 6. The third-order valence-electron chi connectivity index (χ3n) is 13.7. The van der Waals surface area contributed by atoms with Crippen molar-refractivity contribution in [3.63, 3.8) is 0 Å². The van der Waals surface area contributed by atoms with Crippen LogP contribution < -0.4 is 10.6 Å². The number of aliphatic hydroxyl groups excluding tert-OH is 2. The molecule has 6 heterocycles. The summed E-state index contributed by atoms with van der Waals surface area (Å²) in [7, 11) is -19.2. The van der Waals surface area contributed by atoms with E-state index in [1.165, 1.54) is 49.2 Å². The van der Waals surface area contributed by atoms with Crippen molar-refractivity contribution in [1.29, 1.82) is 0 Å². The second-order valence-corrected chi connectivity index (χ2v) is 32.5. The highest BCUT2D eigenvalue weighted by Gasteiger charge is 2.49. The second kappa shape index (κ2) is 40.7. The van der Waals surface area contributed by atoms with E-state index in [0.29, 0.717) is 22.4 Å². The Morgan fingerprint density at radius 3 is 1.20 bits per heavy atom. The second-order valence-electron chi connectivity index (χ2n) is 23.2. The minimum Gasteiger partial charge on any atom is -0.475 e. The summed E-state index contributed by atoms with van der Waals surface area (Å²) in [5.74, 6) is -7.29. The molecule has 2 saturated carbocycles. The zero-order valence-electron chi connectivity index (χ0n) is 55.7. The van der Waals surface area contributed by atoms with Gasteiger partial charge in [0.2, 0.25) is 24.2 Å². The van der Waals surface area contributed by atoms with Crippen LogP contribution in [0.15, 0.2) is 24.5 Å². The lowest BCUT2D eigenvalue weighted by Gasteiger charge is -2.22. The lowest BCUT2D eigenvalue weighted by atomic mass is 10.1. The molecule has 37 nitrogen and oxygen atoms in total. The molecule has 0 radical (unpaired) electrons. The van der Waals surface area contributed by atoms with E-state index < -0.39 is 173 Å². The maximum absolute atomic E-state index is 15.4. The van der Waals surface area contributed by atoms with Gasteiger partial charge in [0, 0.05) is 24.5 Å². The van der Waals surface area contributed by atoms with Gasteiger partial charge in [0.1, 0.15) is 47.3 Å². The van der Waals surface area contributed by atoms with Crippen LogP contribution in [0.4, 0.5) is 61.1 Å². The van der Waals surface area contributed by atoms with Gasteiger partial charge >= 0.3 is 73.1 Å². The maximum Gasteiger partial charge on any atom is 0.510 e. The molecule has 10 N–H and O–H groups in total. The number of fused-ring (bicyclic) bond motifs is 2. The lowest BCUT2D eigenvalue weighted by Crippen LogP contribution is -2.31. The van der Waals surface area contributed by atoms with Crippen molar-refractivity contribution in [2.24, 2.45) is 0 Å². The molecule has 105 heavy (non-hydrogen) atoms. The van der Waals surface area contributed by atoms with Crippen molar-refractivity contribution >= 4 is 129 Å². The van der Waals surface area contributed by atoms with Crippen molar-refractivity contribution < 1.29 is 173 Å². The zero-order valence-corrected chi connectivity index (χ0v) is 61.5. The topological polar surface area (TPSA) is 512 Å². The molecule has 0 bridgehead atoms. The van der Waals surface area contributed by atoms with Crippen molar-refractivity contribution in [2.75, 3.05) is 55.3 Å². The molecule has 0 spiro atoms. The van der Waals surface area contributed by atoms with Crippen LogP contribution in [0.1, 0.15) is 105 Å². The molecule has 4 aliphatic rings. The van der Waals surface area contributed by atoms with Gasteiger partial charge in [-0.25, -0.2) is 42.7 Å². The van der Waals surface area contributed by atoms with Gasteiger partial charge in [0.05, 0.1) is 42.3 Å². The average Bonchev–Trinajstić information content (AvgIpc) is 1.61. The Morgan fingerprint density at radius 2 is 0.895 bits per heavy atom. The van der Waals surface area contributed by atoms with Gasteiger partial charge in [-0.2, -0.15) is 36.3 Å². The molecule has 0 amide bonds.